The number of pyridine rings is 1. The van der Waals surface area contributed by atoms with Gasteiger partial charge in [0, 0.05) is 54.5 Å². The summed E-state index contributed by atoms with van der Waals surface area (Å²) in [7, 11) is 0. The summed E-state index contributed by atoms with van der Waals surface area (Å²) < 4.78 is 7.71. The molecule has 2 unspecified atom stereocenters. The molecule has 0 N–H and O–H groups in total. The summed E-state index contributed by atoms with van der Waals surface area (Å²) in [5, 5.41) is 3.09. The summed E-state index contributed by atoms with van der Waals surface area (Å²) >= 11 is 6.11. The Labute approximate surface area is 191 Å². The van der Waals surface area contributed by atoms with Crippen LogP contribution in [0.3, 0.4) is 0 Å². The van der Waals surface area contributed by atoms with Crippen LogP contribution in [0.25, 0.3) is 16.4 Å². The molecule has 32 heavy (non-hydrogen) atoms. The Morgan fingerprint density at radius 3 is 2.91 bits per heavy atom. The van der Waals surface area contributed by atoms with E-state index in [4.69, 9.17) is 16.3 Å². The van der Waals surface area contributed by atoms with Crippen molar-refractivity contribution in [2.45, 2.75) is 19.3 Å². The highest BCUT2D eigenvalue weighted by molar-refractivity contribution is 6.30. The van der Waals surface area contributed by atoms with E-state index in [-0.39, 0.29) is 5.56 Å². The lowest BCUT2D eigenvalue weighted by atomic mass is 9.84. The summed E-state index contributed by atoms with van der Waals surface area (Å²) in [4.78, 5) is 20.2. The second kappa shape index (κ2) is 7.61. The van der Waals surface area contributed by atoms with Crippen molar-refractivity contribution in [3.05, 3.63) is 86.9 Å². The van der Waals surface area contributed by atoms with Gasteiger partial charge in [-0.2, -0.15) is 0 Å². The van der Waals surface area contributed by atoms with E-state index < -0.39 is 0 Å². The number of fused-ring (bicyclic) bond motifs is 6. The van der Waals surface area contributed by atoms with Gasteiger partial charge in [-0.1, -0.05) is 41.9 Å². The Morgan fingerprint density at radius 1 is 1.12 bits per heavy atom. The molecule has 2 aliphatic heterocycles. The van der Waals surface area contributed by atoms with Crippen LogP contribution in [0.2, 0.25) is 5.02 Å². The third kappa shape index (κ3) is 3.19. The van der Waals surface area contributed by atoms with E-state index in [1.807, 2.05) is 6.92 Å². The molecule has 0 amide bonds. The molecule has 6 rings (SSSR count). The molecule has 2 aliphatic rings. The molecule has 6 heteroatoms. The maximum atomic E-state index is 13.1. The number of nitrogens with zero attached hydrogens (tertiary/aromatic N) is 3. The van der Waals surface area contributed by atoms with Crippen LogP contribution in [0.15, 0.2) is 59.5 Å². The van der Waals surface area contributed by atoms with Crippen molar-refractivity contribution in [2.24, 2.45) is 5.92 Å². The topological polar surface area (TPSA) is 46.8 Å². The fourth-order valence-corrected chi connectivity index (χ4v) is 5.60. The van der Waals surface area contributed by atoms with Crippen LogP contribution < -0.4 is 10.3 Å². The Balaban J connectivity index is 1.27. The maximum Gasteiger partial charge on any atom is 0.261 e. The number of ether oxygens (including phenoxy) is 1. The van der Waals surface area contributed by atoms with Crippen molar-refractivity contribution >= 4 is 28.0 Å². The SMILES string of the molecule is Cc1nc2ccc(Cl)cn2c(=O)c1CCN1CC2COc3ccc4ccccc4c3C2C1. The number of benzene rings is 2. The largest absolute Gasteiger partial charge is 0.493 e. The predicted molar refractivity (Wildman–Crippen MR) is 127 cm³/mol. The molecular formula is C26H24ClN3O2. The molecule has 162 valence electrons. The number of likely N-dealkylation sites (tertiary alicyclic amines) is 1. The van der Waals surface area contributed by atoms with Gasteiger partial charge in [0.2, 0.25) is 0 Å². The first kappa shape index (κ1) is 19.8. The van der Waals surface area contributed by atoms with Crippen LogP contribution in [-0.4, -0.2) is 40.5 Å². The number of aryl methyl sites for hydroxylation is 1. The van der Waals surface area contributed by atoms with Crippen LogP contribution in [-0.2, 0) is 6.42 Å². The average Bonchev–Trinajstić information content (AvgIpc) is 3.22. The first-order valence-electron chi connectivity index (χ1n) is 11.1. The highest BCUT2D eigenvalue weighted by Crippen LogP contribution is 2.45. The van der Waals surface area contributed by atoms with E-state index in [1.165, 1.54) is 16.3 Å². The van der Waals surface area contributed by atoms with Gasteiger partial charge >= 0.3 is 0 Å². The fraction of sp³-hybridized carbons (Fsp3) is 0.308. The predicted octanol–water partition coefficient (Wildman–Crippen LogP) is 4.46. The third-order valence-electron chi connectivity index (χ3n) is 7.04. The molecule has 2 aromatic heterocycles. The van der Waals surface area contributed by atoms with Crippen LogP contribution >= 0.6 is 11.6 Å². The minimum atomic E-state index is -0.0220. The van der Waals surface area contributed by atoms with Crippen LogP contribution in [0.4, 0.5) is 0 Å². The fourth-order valence-electron chi connectivity index (χ4n) is 5.44. The molecule has 4 heterocycles. The van der Waals surface area contributed by atoms with E-state index in [9.17, 15) is 4.79 Å². The molecule has 1 saturated heterocycles. The van der Waals surface area contributed by atoms with Crippen molar-refractivity contribution in [1.82, 2.24) is 14.3 Å². The molecular weight excluding hydrogens is 422 g/mol. The molecule has 4 aromatic rings. The number of rotatable bonds is 3. The van der Waals surface area contributed by atoms with E-state index in [1.54, 1.807) is 22.7 Å². The van der Waals surface area contributed by atoms with E-state index in [2.05, 4.69) is 46.3 Å². The molecule has 2 atom stereocenters. The zero-order valence-electron chi connectivity index (χ0n) is 17.9. The van der Waals surface area contributed by atoms with Gasteiger partial charge < -0.3 is 9.64 Å². The Hall–Kier alpha value is -2.89. The molecule has 1 fully saturated rings. The Bertz CT molecular complexity index is 1410. The van der Waals surface area contributed by atoms with Crippen LogP contribution in [0, 0.1) is 12.8 Å². The first-order chi connectivity index (χ1) is 15.6. The van der Waals surface area contributed by atoms with E-state index in [0.717, 1.165) is 43.2 Å². The number of hydrogen-bond donors (Lipinski definition) is 0. The van der Waals surface area contributed by atoms with Crippen LogP contribution in [0.5, 0.6) is 5.75 Å². The lowest BCUT2D eigenvalue weighted by Crippen LogP contribution is -2.28. The quantitative estimate of drug-likeness (QED) is 0.467. The second-order valence-corrected chi connectivity index (χ2v) is 9.38. The van der Waals surface area contributed by atoms with Gasteiger partial charge in [0.15, 0.2) is 0 Å². The second-order valence-electron chi connectivity index (χ2n) is 8.94. The summed E-state index contributed by atoms with van der Waals surface area (Å²) in [6.45, 7) is 5.48. The van der Waals surface area contributed by atoms with E-state index >= 15 is 0 Å². The average molecular weight is 446 g/mol. The van der Waals surface area contributed by atoms with Gasteiger partial charge in [-0.05, 0) is 42.3 Å². The zero-order valence-corrected chi connectivity index (χ0v) is 18.7. The lowest BCUT2D eigenvalue weighted by Gasteiger charge is -2.29. The maximum absolute atomic E-state index is 13.1. The number of aromatic nitrogens is 2. The molecule has 0 bridgehead atoms. The van der Waals surface area contributed by atoms with Crippen LogP contribution in [0.1, 0.15) is 22.7 Å². The minimum absolute atomic E-state index is 0.0220. The summed E-state index contributed by atoms with van der Waals surface area (Å²) in [5.41, 5.74) is 3.52. The molecule has 2 aromatic carbocycles. The van der Waals surface area contributed by atoms with Gasteiger partial charge in [-0.3, -0.25) is 9.20 Å². The molecule has 0 spiro atoms. The lowest BCUT2D eigenvalue weighted by molar-refractivity contribution is 0.214. The summed E-state index contributed by atoms with van der Waals surface area (Å²) in [6, 6.07) is 16.4. The summed E-state index contributed by atoms with van der Waals surface area (Å²) in [5.74, 6) is 1.96. The molecule has 5 nitrogen and oxygen atoms in total. The van der Waals surface area contributed by atoms with Gasteiger partial charge in [0.1, 0.15) is 11.4 Å². The van der Waals surface area contributed by atoms with E-state index in [0.29, 0.717) is 28.9 Å². The molecule has 0 radical (unpaired) electrons. The van der Waals surface area contributed by atoms with Crippen molar-refractivity contribution in [1.29, 1.82) is 0 Å². The monoisotopic (exact) mass is 445 g/mol. The highest BCUT2D eigenvalue weighted by atomic mass is 35.5. The highest BCUT2D eigenvalue weighted by Gasteiger charge is 2.39. The number of halogens is 1. The Kier molecular flexibility index (Phi) is 4.70. The smallest absolute Gasteiger partial charge is 0.261 e. The normalized spacial score (nSPS) is 20.3. The van der Waals surface area contributed by atoms with Gasteiger partial charge in [-0.25, -0.2) is 4.98 Å². The minimum Gasteiger partial charge on any atom is -0.493 e. The third-order valence-corrected chi connectivity index (χ3v) is 7.26. The van der Waals surface area contributed by atoms with Crippen molar-refractivity contribution in [2.75, 3.05) is 26.2 Å². The van der Waals surface area contributed by atoms with Gasteiger partial charge in [0.25, 0.3) is 5.56 Å². The number of hydrogen-bond acceptors (Lipinski definition) is 4. The van der Waals surface area contributed by atoms with Crippen molar-refractivity contribution in [3.8, 4) is 5.75 Å². The summed E-state index contributed by atoms with van der Waals surface area (Å²) in [6.07, 6.45) is 2.33. The van der Waals surface area contributed by atoms with Crippen molar-refractivity contribution < 1.29 is 4.74 Å². The first-order valence-corrected chi connectivity index (χ1v) is 11.5. The molecule has 0 aliphatic carbocycles. The molecule has 0 saturated carbocycles. The van der Waals surface area contributed by atoms with Crippen molar-refractivity contribution in [3.63, 3.8) is 0 Å². The Morgan fingerprint density at radius 2 is 2.00 bits per heavy atom. The van der Waals surface area contributed by atoms with Gasteiger partial charge in [-0.15, -0.1) is 0 Å². The zero-order chi connectivity index (χ0) is 21.8. The standard InChI is InChI=1S/C26H24ClN3O2/c1-16-20(26(31)30-13-19(27)7-9-24(30)28-16)10-11-29-12-18-15-32-23-8-6-17-4-2-3-5-21(17)25(23)22(18)14-29/h2-9,13,18,22H,10-12,14-15H2,1H3. The van der Waals surface area contributed by atoms with Gasteiger partial charge in [0.05, 0.1) is 11.6 Å².